The Morgan fingerprint density at radius 3 is 2.63 bits per heavy atom. The van der Waals surface area contributed by atoms with Crippen LogP contribution in [-0.4, -0.2) is 12.6 Å². The first kappa shape index (κ1) is 11.7. The number of ether oxygens (including phenoxy) is 1. The Balaban J connectivity index is 1.80. The van der Waals surface area contributed by atoms with Gasteiger partial charge < -0.3 is 9.62 Å². The Morgan fingerprint density at radius 2 is 1.79 bits per heavy atom. The van der Waals surface area contributed by atoms with Crippen LogP contribution >= 0.6 is 0 Å². The lowest BCUT2D eigenvalue weighted by molar-refractivity contribution is -0.238. The van der Waals surface area contributed by atoms with Crippen LogP contribution in [0.5, 0.6) is 5.75 Å². The van der Waals surface area contributed by atoms with E-state index in [9.17, 15) is 4.79 Å². The fourth-order valence-corrected chi connectivity index (χ4v) is 1.94. The van der Waals surface area contributed by atoms with Crippen molar-refractivity contribution in [2.45, 2.75) is 6.10 Å². The number of hydrogen-bond acceptors (Lipinski definition) is 4. The predicted molar refractivity (Wildman–Crippen MR) is 67.6 cm³/mol. The molecule has 3 rings (SSSR count). The molecular weight excluding hydrogens is 244 g/mol. The van der Waals surface area contributed by atoms with Crippen molar-refractivity contribution in [1.29, 1.82) is 0 Å². The van der Waals surface area contributed by atoms with Crippen LogP contribution < -0.4 is 4.89 Å². The van der Waals surface area contributed by atoms with Crippen LogP contribution in [0.1, 0.15) is 22.0 Å². The number of esters is 1. The Hall–Kier alpha value is -2.33. The lowest BCUT2D eigenvalue weighted by atomic mass is 10.1. The minimum Gasteiger partial charge on any atom is -0.451 e. The molecule has 96 valence electrons. The Kier molecular flexibility index (Phi) is 3.16. The van der Waals surface area contributed by atoms with Crippen LogP contribution in [0.4, 0.5) is 0 Å². The van der Waals surface area contributed by atoms with Crippen molar-refractivity contribution < 1.29 is 19.3 Å². The summed E-state index contributed by atoms with van der Waals surface area (Å²) >= 11 is 0. The van der Waals surface area contributed by atoms with Crippen molar-refractivity contribution >= 4 is 5.97 Å². The fraction of sp³-hybridized carbons (Fsp3) is 0.133. The number of para-hydroxylation sites is 1. The van der Waals surface area contributed by atoms with Gasteiger partial charge in [0.25, 0.3) is 0 Å². The maximum Gasteiger partial charge on any atom is 0.338 e. The molecule has 1 aliphatic rings. The van der Waals surface area contributed by atoms with Crippen molar-refractivity contribution in [3.05, 3.63) is 65.7 Å². The molecule has 4 heteroatoms. The highest BCUT2D eigenvalue weighted by Crippen LogP contribution is 2.32. The fourth-order valence-electron chi connectivity index (χ4n) is 1.94. The summed E-state index contributed by atoms with van der Waals surface area (Å²) < 4.78 is 5.46. The van der Waals surface area contributed by atoms with E-state index in [1.54, 1.807) is 30.3 Å². The molecule has 0 N–H and O–H groups in total. The first-order valence-electron chi connectivity index (χ1n) is 5.99. The molecule has 0 aromatic heterocycles. The maximum atomic E-state index is 12.0. The first-order valence-corrected chi connectivity index (χ1v) is 5.99. The van der Waals surface area contributed by atoms with Gasteiger partial charge in [0.05, 0.1) is 5.56 Å². The summed E-state index contributed by atoms with van der Waals surface area (Å²) in [6, 6.07) is 16.2. The van der Waals surface area contributed by atoms with E-state index in [1.165, 1.54) is 0 Å². The van der Waals surface area contributed by atoms with Crippen LogP contribution in [-0.2, 0) is 9.62 Å². The summed E-state index contributed by atoms with van der Waals surface area (Å²) in [6.45, 7) is 0.190. The van der Waals surface area contributed by atoms with Gasteiger partial charge in [-0.15, -0.1) is 0 Å². The van der Waals surface area contributed by atoms with Gasteiger partial charge in [0.15, 0.2) is 11.9 Å². The van der Waals surface area contributed by atoms with E-state index in [4.69, 9.17) is 14.5 Å². The van der Waals surface area contributed by atoms with Crippen LogP contribution in [0.3, 0.4) is 0 Å². The molecule has 19 heavy (non-hydrogen) atoms. The van der Waals surface area contributed by atoms with E-state index in [-0.39, 0.29) is 12.6 Å². The molecule has 0 bridgehead atoms. The van der Waals surface area contributed by atoms with Crippen LogP contribution in [0.2, 0.25) is 0 Å². The van der Waals surface area contributed by atoms with Crippen LogP contribution in [0, 0.1) is 0 Å². The second kappa shape index (κ2) is 5.12. The normalized spacial score (nSPS) is 17.2. The quantitative estimate of drug-likeness (QED) is 0.612. The second-order valence-corrected chi connectivity index (χ2v) is 4.17. The monoisotopic (exact) mass is 256 g/mol. The van der Waals surface area contributed by atoms with Crippen LogP contribution in [0.25, 0.3) is 0 Å². The van der Waals surface area contributed by atoms with Crippen molar-refractivity contribution in [2.75, 3.05) is 6.61 Å². The van der Waals surface area contributed by atoms with Crippen molar-refractivity contribution in [3.8, 4) is 5.75 Å². The lowest BCUT2D eigenvalue weighted by Crippen LogP contribution is -2.22. The molecule has 1 aliphatic heterocycles. The van der Waals surface area contributed by atoms with E-state index in [2.05, 4.69) is 0 Å². The van der Waals surface area contributed by atoms with Gasteiger partial charge in [-0.2, -0.15) is 4.89 Å². The lowest BCUT2D eigenvalue weighted by Gasteiger charge is -2.24. The number of carbonyl (C=O) groups is 1. The first-order chi connectivity index (χ1) is 9.34. The number of rotatable bonds is 2. The van der Waals surface area contributed by atoms with Crippen molar-refractivity contribution in [1.82, 2.24) is 0 Å². The number of fused-ring (bicyclic) bond motifs is 1. The highest BCUT2D eigenvalue weighted by Gasteiger charge is 2.26. The van der Waals surface area contributed by atoms with E-state index in [0.717, 1.165) is 5.56 Å². The Morgan fingerprint density at radius 1 is 1.05 bits per heavy atom. The van der Waals surface area contributed by atoms with Gasteiger partial charge in [-0.05, 0) is 18.2 Å². The SMILES string of the molecule is O=C(OC1COOc2ccccc21)c1ccccc1. The molecule has 2 aromatic rings. The molecule has 0 amide bonds. The van der Waals surface area contributed by atoms with Gasteiger partial charge in [-0.1, -0.05) is 36.4 Å². The van der Waals surface area contributed by atoms with Crippen molar-refractivity contribution in [2.24, 2.45) is 0 Å². The van der Waals surface area contributed by atoms with Crippen LogP contribution in [0.15, 0.2) is 54.6 Å². The Bertz CT molecular complexity index is 580. The summed E-state index contributed by atoms with van der Waals surface area (Å²) in [7, 11) is 0. The van der Waals surface area contributed by atoms with Gasteiger partial charge >= 0.3 is 5.97 Å². The molecule has 0 fully saturated rings. The molecule has 0 saturated carbocycles. The molecule has 4 nitrogen and oxygen atoms in total. The second-order valence-electron chi connectivity index (χ2n) is 4.17. The maximum absolute atomic E-state index is 12.0. The smallest absolute Gasteiger partial charge is 0.338 e. The molecule has 0 radical (unpaired) electrons. The molecule has 0 saturated heterocycles. The molecule has 0 spiro atoms. The third-order valence-electron chi connectivity index (χ3n) is 2.89. The van der Waals surface area contributed by atoms with Gasteiger partial charge in [0.2, 0.25) is 0 Å². The number of hydrogen-bond donors (Lipinski definition) is 0. The summed E-state index contributed by atoms with van der Waals surface area (Å²) in [5.74, 6) is 0.213. The Labute approximate surface area is 110 Å². The topological polar surface area (TPSA) is 44.8 Å². The highest BCUT2D eigenvalue weighted by atomic mass is 17.2. The average molecular weight is 256 g/mol. The zero-order valence-corrected chi connectivity index (χ0v) is 10.1. The van der Waals surface area contributed by atoms with Gasteiger partial charge in [-0.25, -0.2) is 4.79 Å². The zero-order chi connectivity index (χ0) is 13.1. The van der Waals surface area contributed by atoms with Gasteiger partial charge in [0, 0.05) is 5.56 Å². The molecule has 2 aromatic carbocycles. The van der Waals surface area contributed by atoms with Gasteiger partial charge in [0.1, 0.15) is 6.61 Å². The largest absolute Gasteiger partial charge is 0.451 e. The van der Waals surface area contributed by atoms with E-state index in [0.29, 0.717) is 11.3 Å². The van der Waals surface area contributed by atoms with E-state index in [1.807, 2.05) is 24.3 Å². The summed E-state index contributed by atoms with van der Waals surface area (Å²) in [6.07, 6.45) is -0.447. The molecule has 1 unspecified atom stereocenters. The number of benzene rings is 2. The third kappa shape index (κ3) is 2.44. The zero-order valence-electron chi connectivity index (χ0n) is 10.1. The predicted octanol–water partition coefficient (Wildman–Crippen LogP) is 2.91. The minimum atomic E-state index is -0.447. The molecular formula is C15H12O4. The number of carbonyl (C=O) groups excluding carboxylic acids is 1. The van der Waals surface area contributed by atoms with E-state index >= 15 is 0 Å². The van der Waals surface area contributed by atoms with Gasteiger partial charge in [-0.3, -0.25) is 0 Å². The molecule has 0 aliphatic carbocycles. The average Bonchev–Trinajstić information content (AvgIpc) is 2.48. The standard InChI is InChI=1S/C15H12O4/c16-15(11-6-2-1-3-7-11)18-14-10-17-19-13-9-5-4-8-12(13)14/h1-9,14H,10H2. The summed E-state index contributed by atoms with van der Waals surface area (Å²) in [4.78, 5) is 22.0. The highest BCUT2D eigenvalue weighted by molar-refractivity contribution is 5.89. The summed E-state index contributed by atoms with van der Waals surface area (Å²) in [5.41, 5.74) is 1.34. The van der Waals surface area contributed by atoms with Crippen molar-refractivity contribution in [3.63, 3.8) is 0 Å². The third-order valence-corrected chi connectivity index (χ3v) is 2.89. The summed E-state index contributed by atoms with van der Waals surface area (Å²) in [5, 5.41) is 0. The molecule has 1 atom stereocenters. The minimum absolute atomic E-state index is 0.190. The van der Waals surface area contributed by atoms with E-state index < -0.39 is 6.10 Å². The molecule has 1 heterocycles.